The summed E-state index contributed by atoms with van der Waals surface area (Å²) in [6, 6.07) is 0. The zero-order valence-corrected chi connectivity index (χ0v) is 6.63. The van der Waals surface area contributed by atoms with E-state index in [-0.39, 0.29) is 12.4 Å². The van der Waals surface area contributed by atoms with Gasteiger partial charge >= 0.3 is 0 Å². The Morgan fingerprint density at radius 2 is 1.89 bits per heavy atom. The third-order valence-corrected chi connectivity index (χ3v) is 2.56. The highest BCUT2D eigenvalue weighted by Crippen LogP contribution is 2.47. The predicted octanol–water partition coefficient (Wildman–Crippen LogP) is 1.43. The maximum absolute atomic E-state index is 3.32. The van der Waals surface area contributed by atoms with Crippen molar-refractivity contribution in [3.8, 4) is 0 Å². The van der Waals surface area contributed by atoms with Gasteiger partial charge < -0.3 is 5.32 Å². The smallest absolute Gasteiger partial charge is 0.00204 e. The van der Waals surface area contributed by atoms with Crippen LogP contribution in [0.15, 0.2) is 0 Å². The van der Waals surface area contributed by atoms with Crippen molar-refractivity contribution >= 4 is 12.4 Å². The molecule has 0 unspecified atom stereocenters. The summed E-state index contributed by atoms with van der Waals surface area (Å²) in [5, 5.41) is 3.32. The fraction of sp³-hybridized carbons (Fsp3) is 1.00. The zero-order chi connectivity index (χ0) is 5.61. The van der Waals surface area contributed by atoms with Gasteiger partial charge in [-0.25, -0.2) is 0 Å². The Balaban J connectivity index is 0.000000405. The van der Waals surface area contributed by atoms with Gasteiger partial charge in [-0.1, -0.05) is 6.92 Å². The van der Waals surface area contributed by atoms with E-state index in [0.29, 0.717) is 0 Å². The quantitative estimate of drug-likeness (QED) is 0.547. The Bertz CT molecular complexity index is 101. The van der Waals surface area contributed by atoms with Crippen molar-refractivity contribution in [1.29, 1.82) is 0 Å². The predicted molar refractivity (Wildman–Crippen MR) is 40.9 cm³/mol. The van der Waals surface area contributed by atoms with Crippen LogP contribution in [0.5, 0.6) is 0 Å². The first-order valence-electron chi connectivity index (χ1n) is 3.52. The van der Waals surface area contributed by atoms with E-state index in [1.807, 2.05) is 0 Å². The molecule has 0 aromatic carbocycles. The van der Waals surface area contributed by atoms with E-state index in [4.69, 9.17) is 0 Å². The maximum Gasteiger partial charge on any atom is 0.00204 e. The number of hydrogen-bond acceptors (Lipinski definition) is 1. The molecule has 2 fully saturated rings. The highest BCUT2D eigenvalue weighted by Gasteiger charge is 2.46. The Morgan fingerprint density at radius 1 is 1.33 bits per heavy atom. The monoisotopic (exact) mass is 147 g/mol. The van der Waals surface area contributed by atoms with E-state index in [1.54, 1.807) is 0 Å². The van der Waals surface area contributed by atoms with Crippen LogP contribution in [-0.4, -0.2) is 13.1 Å². The van der Waals surface area contributed by atoms with Crippen molar-refractivity contribution in [2.24, 2.45) is 11.3 Å². The Kier molecular flexibility index (Phi) is 1.75. The number of halogens is 1. The molecule has 1 nitrogen and oxygen atoms in total. The second kappa shape index (κ2) is 2.14. The number of hydrogen-bond donors (Lipinski definition) is 1. The van der Waals surface area contributed by atoms with Gasteiger partial charge in [0.05, 0.1) is 0 Å². The molecule has 0 aromatic rings. The lowest BCUT2D eigenvalue weighted by atomic mass is 9.59. The molecule has 1 saturated heterocycles. The summed E-state index contributed by atoms with van der Waals surface area (Å²) in [7, 11) is 0. The highest BCUT2D eigenvalue weighted by atomic mass is 35.5. The van der Waals surface area contributed by atoms with Gasteiger partial charge in [0.25, 0.3) is 0 Å². The first-order chi connectivity index (χ1) is 3.81. The average molecular weight is 148 g/mol. The van der Waals surface area contributed by atoms with Gasteiger partial charge in [-0.2, -0.15) is 0 Å². The Labute approximate surface area is 62.6 Å². The first kappa shape index (κ1) is 7.36. The molecule has 0 aromatic heterocycles. The Morgan fingerprint density at radius 3 is 2.00 bits per heavy atom. The molecule has 2 aliphatic rings. The van der Waals surface area contributed by atoms with Crippen molar-refractivity contribution in [3.63, 3.8) is 0 Å². The zero-order valence-electron chi connectivity index (χ0n) is 5.81. The summed E-state index contributed by atoms with van der Waals surface area (Å²) in [6.45, 7) is 4.96. The number of nitrogens with one attached hydrogen (secondary N) is 1. The van der Waals surface area contributed by atoms with E-state index in [2.05, 4.69) is 12.2 Å². The number of rotatable bonds is 0. The van der Waals surface area contributed by atoms with Crippen LogP contribution < -0.4 is 5.32 Å². The Hall–Kier alpha value is 0.250. The molecule has 0 bridgehead atoms. The van der Waals surface area contributed by atoms with Gasteiger partial charge in [0, 0.05) is 13.1 Å². The van der Waals surface area contributed by atoms with Crippen LogP contribution in [0.2, 0.25) is 0 Å². The summed E-state index contributed by atoms with van der Waals surface area (Å²) in [6.07, 6.45) is 2.97. The fourth-order valence-corrected chi connectivity index (χ4v) is 2.19. The van der Waals surface area contributed by atoms with Gasteiger partial charge in [0.1, 0.15) is 0 Å². The third-order valence-electron chi connectivity index (χ3n) is 2.56. The lowest BCUT2D eigenvalue weighted by molar-refractivity contribution is 0.00946. The van der Waals surface area contributed by atoms with Gasteiger partial charge in [0.15, 0.2) is 0 Å². The maximum atomic E-state index is 3.32. The van der Waals surface area contributed by atoms with Crippen molar-refractivity contribution in [3.05, 3.63) is 0 Å². The molecule has 1 aliphatic heterocycles. The van der Waals surface area contributed by atoms with Gasteiger partial charge in [-0.3, -0.25) is 0 Å². The molecule has 2 rings (SSSR count). The molecule has 0 radical (unpaired) electrons. The van der Waals surface area contributed by atoms with Crippen LogP contribution in [0.3, 0.4) is 0 Å². The molecule has 1 spiro atoms. The lowest BCUT2D eigenvalue weighted by Crippen LogP contribution is -2.59. The van der Waals surface area contributed by atoms with E-state index in [0.717, 1.165) is 11.3 Å². The van der Waals surface area contributed by atoms with Gasteiger partial charge in [0.2, 0.25) is 0 Å². The average Bonchev–Trinajstić information content (AvgIpc) is 1.51. The van der Waals surface area contributed by atoms with Crippen LogP contribution in [-0.2, 0) is 0 Å². The van der Waals surface area contributed by atoms with Crippen LogP contribution in [0.25, 0.3) is 0 Å². The molecule has 1 saturated carbocycles. The van der Waals surface area contributed by atoms with E-state index >= 15 is 0 Å². The lowest BCUT2D eigenvalue weighted by Gasteiger charge is -2.53. The highest BCUT2D eigenvalue weighted by molar-refractivity contribution is 5.85. The molecule has 1 heterocycles. The van der Waals surface area contributed by atoms with Crippen LogP contribution in [0.1, 0.15) is 19.8 Å². The topological polar surface area (TPSA) is 12.0 Å². The summed E-state index contributed by atoms with van der Waals surface area (Å²) in [5.74, 6) is 1.03. The van der Waals surface area contributed by atoms with Gasteiger partial charge in [-0.05, 0) is 24.2 Å². The van der Waals surface area contributed by atoms with Crippen molar-refractivity contribution in [1.82, 2.24) is 5.32 Å². The minimum atomic E-state index is 0. The van der Waals surface area contributed by atoms with Crippen LogP contribution in [0, 0.1) is 11.3 Å². The summed E-state index contributed by atoms with van der Waals surface area (Å²) < 4.78 is 0. The van der Waals surface area contributed by atoms with Gasteiger partial charge in [-0.15, -0.1) is 12.4 Å². The van der Waals surface area contributed by atoms with E-state index in [9.17, 15) is 0 Å². The molecule has 9 heavy (non-hydrogen) atoms. The van der Waals surface area contributed by atoms with Crippen molar-refractivity contribution in [2.75, 3.05) is 13.1 Å². The SMILES string of the molecule is CC1CC2(CNC2)C1.Cl. The normalized spacial score (nSPS) is 30.3. The first-order valence-corrected chi connectivity index (χ1v) is 3.52. The fourth-order valence-electron chi connectivity index (χ4n) is 2.19. The van der Waals surface area contributed by atoms with E-state index < -0.39 is 0 Å². The largest absolute Gasteiger partial charge is 0.316 e. The van der Waals surface area contributed by atoms with Crippen molar-refractivity contribution in [2.45, 2.75) is 19.8 Å². The standard InChI is InChI=1S/C7H13N.ClH/c1-6-2-7(3-6)4-8-5-7;/h6,8H,2-5H2,1H3;1H. The third kappa shape index (κ3) is 0.968. The molecule has 1 aliphatic carbocycles. The molecule has 1 N–H and O–H groups in total. The molecular formula is C7H14ClN. The molecule has 54 valence electrons. The molecule has 2 heteroatoms. The van der Waals surface area contributed by atoms with E-state index in [1.165, 1.54) is 25.9 Å². The summed E-state index contributed by atoms with van der Waals surface area (Å²) >= 11 is 0. The summed E-state index contributed by atoms with van der Waals surface area (Å²) in [5.41, 5.74) is 0.805. The minimum absolute atomic E-state index is 0. The minimum Gasteiger partial charge on any atom is -0.316 e. The summed E-state index contributed by atoms with van der Waals surface area (Å²) in [4.78, 5) is 0. The van der Waals surface area contributed by atoms with Crippen LogP contribution >= 0.6 is 12.4 Å². The second-order valence-electron chi connectivity index (χ2n) is 3.62. The molecule has 0 atom stereocenters. The van der Waals surface area contributed by atoms with Crippen molar-refractivity contribution < 1.29 is 0 Å². The second-order valence-corrected chi connectivity index (χ2v) is 3.62. The molecule has 0 amide bonds. The molecular weight excluding hydrogens is 134 g/mol. The van der Waals surface area contributed by atoms with Crippen LogP contribution in [0.4, 0.5) is 0 Å².